The van der Waals surface area contributed by atoms with Gasteiger partial charge in [0, 0.05) is 24.7 Å². The molecule has 0 aliphatic carbocycles. The third-order valence-corrected chi connectivity index (χ3v) is 4.49. The Bertz CT molecular complexity index is 376. The van der Waals surface area contributed by atoms with Crippen molar-refractivity contribution in [2.75, 3.05) is 13.1 Å². The van der Waals surface area contributed by atoms with E-state index in [1.165, 1.54) is 37.9 Å². The first-order valence-electron chi connectivity index (χ1n) is 7.37. The number of fused-ring (bicyclic) bond motifs is 1. The minimum Gasteiger partial charge on any atom is -0.310 e. The minimum atomic E-state index is 0.581. The third-order valence-electron chi connectivity index (χ3n) is 4.49. The number of hydrogen-bond acceptors (Lipinski definition) is 2. The number of benzene rings is 1. The lowest BCUT2D eigenvalue weighted by Crippen LogP contribution is -2.44. The third kappa shape index (κ3) is 2.60. The van der Waals surface area contributed by atoms with Crippen LogP contribution in [-0.4, -0.2) is 36.1 Å². The highest BCUT2D eigenvalue weighted by atomic mass is 15.2. The Morgan fingerprint density at radius 2 is 2.06 bits per heavy atom. The van der Waals surface area contributed by atoms with Crippen molar-refractivity contribution in [2.45, 2.75) is 50.7 Å². The van der Waals surface area contributed by atoms with Crippen molar-refractivity contribution in [3.05, 3.63) is 35.9 Å². The highest BCUT2D eigenvalue weighted by Crippen LogP contribution is 2.28. The van der Waals surface area contributed by atoms with Crippen LogP contribution < -0.4 is 5.32 Å². The fraction of sp³-hybridized carbons (Fsp3) is 0.625. The Hall–Kier alpha value is -0.860. The van der Waals surface area contributed by atoms with Crippen LogP contribution in [0.2, 0.25) is 0 Å². The molecule has 2 fully saturated rings. The van der Waals surface area contributed by atoms with Gasteiger partial charge in [-0.2, -0.15) is 0 Å². The van der Waals surface area contributed by atoms with Crippen LogP contribution in [0.5, 0.6) is 0 Å². The normalized spacial score (nSPS) is 29.4. The molecule has 1 N–H and O–H groups in total. The molecule has 3 unspecified atom stereocenters. The second-order valence-electron chi connectivity index (χ2n) is 5.90. The van der Waals surface area contributed by atoms with E-state index in [-0.39, 0.29) is 0 Å². The Kier molecular flexibility index (Phi) is 3.67. The smallest absolute Gasteiger partial charge is 0.0250 e. The molecular weight excluding hydrogens is 220 g/mol. The van der Waals surface area contributed by atoms with Gasteiger partial charge in [-0.1, -0.05) is 30.3 Å². The van der Waals surface area contributed by atoms with Gasteiger partial charge < -0.3 is 5.32 Å². The maximum Gasteiger partial charge on any atom is 0.0250 e. The highest BCUT2D eigenvalue weighted by molar-refractivity contribution is 5.15. The van der Waals surface area contributed by atoms with Gasteiger partial charge in [0.2, 0.25) is 0 Å². The van der Waals surface area contributed by atoms with Crippen LogP contribution in [0.4, 0.5) is 0 Å². The van der Waals surface area contributed by atoms with Crippen molar-refractivity contribution in [3.8, 4) is 0 Å². The topological polar surface area (TPSA) is 15.3 Å². The van der Waals surface area contributed by atoms with Crippen LogP contribution >= 0.6 is 0 Å². The monoisotopic (exact) mass is 244 g/mol. The Morgan fingerprint density at radius 3 is 2.89 bits per heavy atom. The second kappa shape index (κ2) is 5.41. The number of nitrogens with one attached hydrogen (secondary N) is 1. The van der Waals surface area contributed by atoms with Crippen LogP contribution in [-0.2, 0) is 6.42 Å². The largest absolute Gasteiger partial charge is 0.310 e. The molecule has 0 spiro atoms. The van der Waals surface area contributed by atoms with E-state index >= 15 is 0 Å². The van der Waals surface area contributed by atoms with Crippen molar-refractivity contribution in [2.24, 2.45) is 0 Å². The zero-order valence-electron chi connectivity index (χ0n) is 11.3. The van der Waals surface area contributed by atoms with Crippen LogP contribution in [0.25, 0.3) is 0 Å². The molecule has 1 aromatic carbocycles. The van der Waals surface area contributed by atoms with Crippen molar-refractivity contribution in [1.82, 2.24) is 10.2 Å². The van der Waals surface area contributed by atoms with Gasteiger partial charge in [0.1, 0.15) is 0 Å². The maximum absolute atomic E-state index is 3.86. The fourth-order valence-electron chi connectivity index (χ4n) is 3.67. The van der Waals surface area contributed by atoms with Crippen LogP contribution in [0.15, 0.2) is 30.3 Å². The van der Waals surface area contributed by atoms with Gasteiger partial charge in [0.05, 0.1) is 0 Å². The van der Waals surface area contributed by atoms with Gasteiger partial charge in [-0.05, 0) is 44.7 Å². The first kappa shape index (κ1) is 12.2. The summed E-state index contributed by atoms with van der Waals surface area (Å²) < 4.78 is 0. The lowest BCUT2D eigenvalue weighted by atomic mass is 10.0. The molecule has 2 nitrogen and oxygen atoms in total. The lowest BCUT2D eigenvalue weighted by molar-refractivity contribution is 0.290. The van der Waals surface area contributed by atoms with E-state index in [2.05, 4.69) is 47.5 Å². The van der Waals surface area contributed by atoms with Gasteiger partial charge in [-0.3, -0.25) is 4.90 Å². The average Bonchev–Trinajstić information content (AvgIpc) is 2.95. The maximum atomic E-state index is 3.86. The molecule has 2 heterocycles. The molecule has 0 radical (unpaired) electrons. The van der Waals surface area contributed by atoms with Crippen molar-refractivity contribution in [1.29, 1.82) is 0 Å². The highest BCUT2D eigenvalue weighted by Gasteiger charge is 2.37. The van der Waals surface area contributed by atoms with Crippen molar-refractivity contribution >= 4 is 0 Å². The summed E-state index contributed by atoms with van der Waals surface area (Å²) >= 11 is 0. The Balaban J connectivity index is 1.53. The summed E-state index contributed by atoms with van der Waals surface area (Å²) in [6.45, 7) is 4.96. The van der Waals surface area contributed by atoms with Gasteiger partial charge >= 0.3 is 0 Å². The molecular formula is C16H24N2. The molecule has 2 aliphatic heterocycles. The Morgan fingerprint density at radius 1 is 1.22 bits per heavy atom. The predicted molar refractivity (Wildman–Crippen MR) is 75.7 cm³/mol. The second-order valence-corrected chi connectivity index (χ2v) is 5.90. The summed E-state index contributed by atoms with van der Waals surface area (Å²) in [5.41, 5.74) is 1.44. The van der Waals surface area contributed by atoms with Gasteiger partial charge in [-0.25, -0.2) is 0 Å². The zero-order valence-corrected chi connectivity index (χ0v) is 11.3. The van der Waals surface area contributed by atoms with Gasteiger partial charge in [0.15, 0.2) is 0 Å². The standard InChI is InChI=1S/C16H24N2/c1-13(12-14-6-3-2-4-7-14)17-15-9-11-18-10-5-8-16(15)18/h2-4,6-7,13,15-17H,5,8-12H2,1H3. The number of hydrogen-bond donors (Lipinski definition) is 1. The minimum absolute atomic E-state index is 0.581. The summed E-state index contributed by atoms with van der Waals surface area (Å²) in [6.07, 6.45) is 5.28. The van der Waals surface area contributed by atoms with E-state index in [1.54, 1.807) is 0 Å². The number of rotatable bonds is 4. The van der Waals surface area contributed by atoms with Crippen LogP contribution in [0, 0.1) is 0 Å². The van der Waals surface area contributed by atoms with E-state index in [9.17, 15) is 0 Å². The average molecular weight is 244 g/mol. The quantitative estimate of drug-likeness (QED) is 0.875. The van der Waals surface area contributed by atoms with Crippen LogP contribution in [0.1, 0.15) is 31.7 Å². The number of nitrogens with zero attached hydrogens (tertiary/aromatic N) is 1. The van der Waals surface area contributed by atoms with Gasteiger partial charge in [0.25, 0.3) is 0 Å². The van der Waals surface area contributed by atoms with E-state index in [4.69, 9.17) is 0 Å². The Labute approximate surface area is 110 Å². The van der Waals surface area contributed by atoms with E-state index in [0.29, 0.717) is 6.04 Å². The fourth-order valence-corrected chi connectivity index (χ4v) is 3.67. The molecule has 2 heteroatoms. The molecule has 3 atom stereocenters. The summed E-state index contributed by atoms with van der Waals surface area (Å²) in [7, 11) is 0. The summed E-state index contributed by atoms with van der Waals surface area (Å²) in [5.74, 6) is 0. The molecule has 1 aromatic rings. The summed E-state index contributed by atoms with van der Waals surface area (Å²) in [6, 6.07) is 13.0. The van der Waals surface area contributed by atoms with E-state index in [0.717, 1.165) is 18.5 Å². The van der Waals surface area contributed by atoms with Crippen LogP contribution in [0.3, 0.4) is 0 Å². The predicted octanol–water partition coefficient (Wildman–Crippen LogP) is 2.44. The van der Waals surface area contributed by atoms with E-state index < -0.39 is 0 Å². The summed E-state index contributed by atoms with van der Waals surface area (Å²) in [4.78, 5) is 2.67. The molecule has 2 aliphatic rings. The van der Waals surface area contributed by atoms with Crippen molar-refractivity contribution in [3.63, 3.8) is 0 Å². The molecule has 0 saturated carbocycles. The van der Waals surface area contributed by atoms with Crippen molar-refractivity contribution < 1.29 is 0 Å². The molecule has 0 amide bonds. The zero-order chi connectivity index (χ0) is 12.4. The molecule has 2 saturated heterocycles. The molecule has 18 heavy (non-hydrogen) atoms. The van der Waals surface area contributed by atoms with E-state index in [1.807, 2.05) is 0 Å². The molecule has 0 aromatic heterocycles. The molecule has 3 rings (SSSR count). The first-order valence-corrected chi connectivity index (χ1v) is 7.37. The van der Waals surface area contributed by atoms with Gasteiger partial charge in [-0.15, -0.1) is 0 Å². The lowest BCUT2D eigenvalue weighted by Gasteiger charge is -2.25. The first-order chi connectivity index (χ1) is 8.83. The molecule has 0 bridgehead atoms. The summed E-state index contributed by atoms with van der Waals surface area (Å²) in [5, 5.41) is 3.86. The molecule has 98 valence electrons. The SMILES string of the molecule is CC(Cc1ccccc1)NC1CCN2CCCC12.